The van der Waals surface area contributed by atoms with E-state index in [1.807, 2.05) is 23.1 Å². The van der Waals surface area contributed by atoms with E-state index in [1.54, 1.807) is 6.20 Å². The Hall–Kier alpha value is -2.21. The molecule has 0 aliphatic carbocycles. The lowest BCUT2D eigenvalue weighted by atomic mass is 10.1. The minimum Gasteiger partial charge on any atom is -0.370 e. The summed E-state index contributed by atoms with van der Waals surface area (Å²) in [6.45, 7) is 1.98. The Labute approximate surface area is 171 Å². The van der Waals surface area contributed by atoms with Gasteiger partial charge in [-0.3, -0.25) is 0 Å². The predicted molar refractivity (Wildman–Crippen MR) is 112 cm³/mol. The van der Waals surface area contributed by atoms with Gasteiger partial charge in [-0.15, -0.1) is 0 Å². The Morgan fingerprint density at radius 2 is 1.97 bits per heavy atom. The van der Waals surface area contributed by atoms with Gasteiger partial charge in [0.25, 0.3) is 0 Å². The highest BCUT2D eigenvalue weighted by Gasteiger charge is 2.29. The van der Waals surface area contributed by atoms with Crippen molar-refractivity contribution in [3.05, 3.63) is 42.6 Å². The summed E-state index contributed by atoms with van der Waals surface area (Å²) in [6.07, 6.45) is 2.58. The number of rotatable bonds is 7. The number of nitrogens with two attached hydrogens (primary N) is 1. The molecule has 3 rings (SSSR count). The van der Waals surface area contributed by atoms with E-state index >= 15 is 0 Å². The van der Waals surface area contributed by atoms with Crippen molar-refractivity contribution in [2.45, 2.75) is 16.2 Å². The third-order valence-corrected chi connectivity index (χ3v) is 7.63. The van der Waals surface area contributed by atoms with Gasteiger partial charge in [0.15, 0.2) is 0 Å². The van der Waals surface area contributed by atoms with Crippen molar-refractivity contribution in [3.63, 3.8) is 0 Å². The first-order valence-electron chi connectivity index (χ1n) is 9.08. The first-order valence-corrected chi connectivity index (χ1v) is 12.1. The van der Waals surface area contributed by atoms with Crippen molar-refractivity contribution in [2.24, 2.45) is 11.1 Å². The number of hydrogen-bond acceptors (Lipinski definition) is 7. The molecule has 1 aliphatic heterocycles. The molecule has 11 heteroatoms. The van der Waals surface area contributed by atoms with Gasteiger partial charge in [0.05, 0.1) is 10.6 Å². The van der Waals surface area contributed by atoms with Gasteiger partial charge in [-0.25, -0.2) is 31.3 Å². The number of anilines is 2. The molecule has 1 fully saturated rings. The molecule has 1 saturated heterocycles. The van der Waals surface area contributed by atoms with E-state index in [1.165, 1.54) is 26.2 Å². The topological polar surface area (TPSA) is 126 Å². The van der Waals surface area contributed by atoms with Crippen LogP contribution in [0.4, 0.5) is 11.5 Å². The number of nitrogens with zero attached hydrogens (tertiary/aromatic N) is 3. The van der Waals surface area contributed by atoms with Crippen LogP contribution in [0.2, 0.25) is 0 Å². The lowest BCUT2D eigenvalue weighted by Gasteiger charge is -2.22. The Kier molecular flexibility index (Phi) is 6.13. The summed E-state index contributed by atoms with van der Waals surface area (Å²) in [5.74, 6) is 1.07. The van der Waals surface area contributed by atoms with Crippen molar-refractivity contribution < 1.29 is 16.8 Å². The summed E-state index contributed by atoms with van der Waals surface area (Å²) < 4.78 is 50.1. The second kappa shape index (κ2) is 8.27. The van der Waals surface area contributed by atoms with Gasteiger partial charge in [-0.1, -0.05) is 6.07 Å². The smallest absolute Gasteiger partial charge is 0.242 e. The summed E-state index contributed by atoms with van der Waals surface area (Å²) in [5.41, 5.74) is 0.422. The van der Waals surface area contributed by atoms with E-state index in [-0.39, 0.29) is 15.7 Å². The van der Waals surface area contributed by atoms with Crippen LogP contribution in [0.15, 0.2) is 52.4 Å². The molecule has 9 nitrogen and oxygen atoms in total. The summed E-state index contributed by atoms with van der Waals surface area (Å²) in [5, 5.41) is 8.68. The van der Waals surface area contributed by atoms with Crippen molar-refractivity contribution in [1.82, 2.24) is 9.29 Å². The molecule has 1 aromatic carbocycles. The van der Waals surface area contributed by atoms with Crippen LogP contribution in [0.3, 0.4) is 0 Å². The van der Waals surface area contributed by atoms with Gasteiger partial charge in [0, 0.05) is 39.9 Å². The fraction of sp³-hybridized carbons (Fsp3) is 0.389. The Morgan fingerprint density at radius 1 is 1.21 bits per heavy atom. The van der Waals surface area contributed by atoms with Gasteiger partial charge in [0.1, 0.15) is 10.7 Å². The number of nitrogens with one attached hydrogen (secondary N) is 1. The number of sulfonamides is 2. The fourth-order valence-corrected chi connectivity index (χ4v) is 5.07. The quantitative estimate of drug-likeness (QED) is 0.657. The highest BCUT2D eigenvalue weighted by atomic mass is 32.2. The molecule has 2 aromatic rings. The molecular formula is C18H25N5O4S2. The normalized spacial score (nSPS) is 17.7. The SMILES string of the molecule is CN(C)S(=O)(=O)c1ccc(N2CC[C@H](CNc3ccccn3)C2)c(S(N)(=O)=O)c1. The molecule has 0 radical (unpaired) electrons. The molecule has 1 aliphatic rings. The fourth-order valence-electron chi connectivity index (χ4n) is 3.29. The average Bonchev–Trinajstić information content (AvgIpc) is 3.15. The lowest BCUT2D eigenvalue weighted by molar-refractivity contribution is 0.520. The second-order valence-electron chi connectivity index (χ2n) is 7.16. The number of aromatic nitrogens is 1. The molecule has 158 valence electrons. The maximum absolute atomic E-state index is 12.4. The molecule has 2 heterocycles. The van der Waals surface area contributed by atoms with Crippen molar-refractivity contribution in [1.29, 1.82) is 0 Å². The van der Waals surface area contributed by atoms with Crippen LogP contribution < -0.4 is 15.4 Å². The Morgan fingerprint density at radius 3 is 2.59 bits per heavy atom. The molecule has 0 spiro atoms. The molecule has 0 unspecified atom stereocenters. The van der Waals surface area contributed by atoms with E-state index < -0.39 is 20.0 Å². The standard InChI is InChI=1S/C18H25N5O4S2/c1-22(2)29(26,27)15-6-7-16(17(11-15)28(19,24)25)23-10-8-14(13-23)12-21-18-5-3-4-9-20-18/h3-7,9,11,14H,8,10,12-13H2,1-2H3,(H,20,21)(H2,19,24,25)/t14-/m1/s1. The minimum atomic E-state index is -4.10. The third-order valence-electron chi connectivity index (χ3n) is 4.88. The van der Waals surface area contributed by atoms with Crippen LogP contribution in [-0.2, 0) is 20.0 Å². The molecule has 3 N–H and O–H groups in total. The molecule has 0 amide bonds. The molecular weight excluding hydrogens is 414 g/mol. The Balaban J connectivity index is 1.81. The van der Waals surface area contributed by atoms with Crippen molar-refractivity contribution >= 4 is 31.6 Å². The van der Waals surface area contributed by atoms with Crippen LogP contribution in [0, 0.1) is 5.92 Å². The maximum atomic E-state index is 12.4. The largest absolute Gasteiger partial charge is 0.370 e. The van der Waals surface area contributed by atoms with Crippen molar-refractivity contribution in [2.75, 3.05) is 43.9 Å². The molecule has 1 aromatic heterocycles. The van der Waals surface area contributed by atoms with E-state index in [0.29, 0.717) is 25.3 Å². The van der Waals surface area contributed by atoms with Crippen LogP contribution in [0.5, 0.6) is 0 Å². The number of primary sulfonamides is 1. The van der Waals surface area contributed by atoms with Gasteiger partial charge in [0.2, 0.25) is 20.0 Å². The molecule has 0 saturated carbocycles. The molecule has 0 bridgehead atoms. The molecule has 29 heavy (non-hydrogen) atoms. The van der Waals surface area contributed by atoms with E-state index in [9.17, 15) is 16.8 Å². The summed E-state index contributed by atoms with van der Waals surface area (Å²) in [7, 11) is -5.10. The number of pyridine rings is 1. The van der Waals surface area contributed by atoms with Crippen LogP contribution in [0.25, 0.3) is 0 Å². The lowest BCUT2D eigenvalue weighted by Crippen LogP contribution is -2.27. The monoisotopic (exact) mass is 439 g/mol. The van der Waals surface area contributed by atoms with Gasteiger partial charge < -0.3 is 10.2 Å². The van der Waals surface area contributed by atoms with Gasteiger partial charge in [-0.05, 0) is 42.7 Å². The zero-order valence-corrected chi connectivity index (χ0v) is 17.9. The second-order valence-corrected chi connectivity index (χ2v) is 10.8. The summed E-state index contributed by atoms with van der Waals surface area (Å²) >= 11 is 0. The highest BCUT2D eigenvalue weighted by molar-refractivity contribution is 7.90. The molecule has 1 atom stereocenters. The van der Waals surface area contributed by atoms with Crippen molar-refractivity contribution in [3.8, 4) is 0 Å². The van der Waals surface area contributed by atoms with E-state index in [0.717, 1.165) is 22.6 Å². The van der Waals surface area contributed by atoms with Crippen LogP contribution >= 0.6 is 0 Å². The Bertz CT molecular complexity index is 1070. The van der Waals surface area contributed by atoms with Crippen LogP contribution in [-0.4, -0.2) is 59.9 Å². The summed E-state index contributed by atoms with van der Waals surface area (Å²) in [4.78, 5) is 5.87. The highest BCUT2D eigenvalue weighted by Crippen LogP contribution is 2.32. The number of benzene rings is 1. The van der Waals surface area contributed by atoms with E-state index in [2.05, 4.69) is 10.3 Å². The predicted octanol–water partition coefficient (Wildman–Crippen LogP) is 0.918. The minimum absolute atomic E-state index is 0.108. The zero-order chi connectivity index (χ0) is 21.2. The van der Waals surface area contributed by atoms with Gasteiger partial charge >= 0.3 is 0 Å². The van der Waals surface area contributed by atoms with E-state index in [4.69, 9.17) is 5.14 Å². The first-order chi connectivity index (χ1) is 13.6. The van der Waals surface area contributed by atoms with Crippen LogP contribution in [0.1, 0.15) is 6.42 Å². The summed E-state index contributed by atoms with van der Waals surface area (Å²) in [6, 6.07) is 9.70. The first kappa shape index (κ1) is 21.5. The third kappa shape index (κ3) is 4.86. The maximum Gasteiger partial charge on any atom is 0.242 e. The average molecular weight is 440 g/mol. The number of hydrogen-bond donors (Lipinski definition) is 2. The van der Waals surface area contributed by atoms with Gasteiger partial charge in [-0.2, -0.15) is 0 Å². The zero-order valence-electron chi connectivity index (χ0n) is 16.3.